The molecule has 0 N–H and O–H groups in total. The molecule has 0 fully saturated rings. The molecule has 11 rings (SSSR count). The summed E-state index contributed by atoms with van der Waals surface area (Å²) in [5.74, 6) is 0. The van der Waals surface area contributed by atoms with Crippen molar-refractivity contribution >= 4 is 71.3 Å². The fourth-order valence-corrected chi connectivity index (χ4v) is 9.16. The summed E-state index contributed by atoms with van der Waals surface area (Å²) in [5, 5.41) is 9.90. The Kier molecular flexibility index (Phi) is 8.56. The zero-order valence-electron chi connectivity index (χ0n) is 32.9. The molecule has 0 aliphatic heterocycles. The van der Waals surface area contributed by atoms with E-state index in [0.29, 0.717) is 0 Å². The Morgan fingerprint density at radius 3 is 1.68 bits per heavy atom. The number of benzene rings is 10. The minimum Gasteiger partial charge on any atom is -0.455 e. The van der Waals surface area contributed by atoms with Gasteiger partial charge in [0.05, 0.1) is 5.69 Å². The summed E-state index contributed by atoms with van der Waals surface area (Å²) in [7, 11) is 0. The molecule has 0 bridgehead atoms. The minimum absolute atomic E-state index is 0.910. The molecule has 0 atom stereocenters. The molecule has 0 unspecified atom stereocenters. The third kappa shape index (κ3) is 6.04. The molecule has 0 spiro atoms. The molecular weight excluding hydrogens is 715 g/mol. The van der Waals surface area contributed by atoms with Gasteiger partial charge in [0.1, 0.15) is 11.2 Å². The molecule has 10 aromatic carbocycles. The van der Waals surface area contributed by atoms with E-state index in [-0.39, 0.29) is 0 Å². The number of fused-ring (bicyclic) bond motifs is 7. The van der Waals surface area contributed by atoms with Gasteiger partial charge < -0.3 is 9.32 Å². The van der Waals surface area contributed by atoms with Gasteiger partial charge in [0.15, 0.2) is 0 Å². The first-order valence-corrected chi connectivity index (χ1v) is 20.6. The van der Waals surface area contributed by atoms with Gasteiger partial charge in [0.25, 0.3) is 0 Å². The maximum atomic E-state index is 6.46. The number of nitrogens with zero attached hydrogens (tertiary/aromatic N) is 1. The van der Waals surface area contributed by atoms with Crippen molar-refractivity contribution < 1.29 is 4.42 Å². The van der Waals surface area contributed by atoms with Crippen LogP contribution in [-0.2, 0) is 6.42 Å². The number of furan rings is 1. The summed E-state index contributed by atoms with van der Waals surface area (Å²) in [4.78, 5) is 2.43. The topological polar surface area (TPSA) is 16.4 Å². The zero-order chi connectivity index (χ0) is 39.3. The second-order valence-corrected chi connectivity index (χ2v) is 15.5. The molecule has 0 aliphatic carbocycles. The second kappa shape index (κ2) is 14.5. The summed E-state index contributed by atoms with van der Waals surface area (Å²) in [6.07, 6.45) is 2.12. The quantitative estimate of drug-likeness (QED) is 0.144. The number of para-hydroxylation sites is 2. The van der Waals surface area contributed by atoms with Gasteiger partial charge >= 0.3 is 0 Å². The first-order valence-electron chi connectivity index (χ1n) is 20.6. The lowest BCUT2D eigenvalue weighted by atomic mass is 9.94. The smallest absolute Gasteiger partial charge is 0.143 e. The molecule has 59 heavy (non-hydrogen) atoms. The first kappa shape index (κ1) is 34.8. The highest BCUT2D eigenvalue weighted by atomic mass is 16.3. The average Bonchev–Trinajstić information content (AvgIpc) is 3.69. The third-order valence-electron chi connectivity index (χ3n) is 12.0. The molecule has 0 saturated heterocycles. The van der Waals surface area contributed by atoms with Gasteiger partial charge in [-0.1, -0.05) is 183 Å². The van der Waals surface area contributed by atoms with E-state index >= 15 is 0 Å². The maximum absolute atomic E-state index is 6.46. The standard InChI is InChI=1S/C57H41NO/c1-2-11-40-31-37-54(56-49-16-6-4-13-42(49)30-36-50(40)56)58(46-34-28-44(29-35-46)51-19-10-20-53-52-17-7-8-21-55(52)59-57(51)53)45-32-26-39(27-33-45)38-22-24-43(25-23-38)48-18-9-14-41-12-3-5-15-47(41)48/h3-10,12-37H,2,11H2,1H3. The first-order chi connectivity index (χ1) is 29.2. The Morgan fingerprint density at radius 2 is 0.932 bits per heavy atom. The molecule has 0 radical (unpaired) electrons. The Balaban J connectivity index is 1.03. The fraction of sp³-hybridized carbons (Fsp3) is 0.0526. The van der Waals surface area contributed by atoms with E-state index in [0.717, 1.165) is 63.0 Å². The molecule has 0 saturated carbocycles. The van der Waals surface area contributed by atoms with Crippen LogP contribution in [0.1, 0.15) is 18.9 Å². The van der Waals surface area contributed by atoms with Gasteiger partial charge in [-0.25, -0.2) is 0 Å². The highest BCUT2D eigenvalue weighted by Gasteiger charge is 2.20. The highest BCUT2D eigenvalue weighted by molar-refractivity contribution is 6.16. The lowest BCUT2D eigenvalue weighted by Crippen LogP contribution is -2.11. The third-order valence-corrected chi connectivity index (χ3v) is 12.0. The van der Waals surface area contributed by atoms with Gasteiger partial charge in [-0.2, -0.15) is 0 Å². The molecule has 0 amide bonds. The van der Waals surface area contributed by atoms with Gasteiger partial charge in [-0.15, -0.1) is 0 Å². The van der Waals surface area contributed by atoms with Gasteiger partial charge in [-0.05, 0) is 103 Å². The highest BCUT2D eigenvalue weighted by Crippen LogP contribution is 2.44. The molecule has 0 aliphatic rings. The summed E-state index contributed by atoms with van der Waals surface area (Å²) in [6, 6.07) is 75.0. The zero-order valence-corrected chi connectivity index (χ0v) is 32.9. The van der Waals surface area contributed by atoms with Crippen molar-refractivity contribution in [3.63, 3.8) is 0 Å². The monoisotopic (exact) mass is 755 g/mol. The van der Waals surface area contributed by atoms with E-state index in [2.05, 4.69) is 206 Å². The fourth-order valence-electron chi connectivity index (χ4n) is 9.16. The second-order valence-electron chi connectivity index (χ2n) is 15.5. The molecule has 1 heterocycles. The number of hydrogen-bond acceptors (Lipinski definition) is 2. The summed E-state index contributed by atoms with van der Waals surface area (Å²) in [5.41, 5.74) is 13.6. The molecule has 2 heteroatoms. The molecule has 280 valence electrons. The van der Waals surface area contributed by atoms with Crippen molar-refractivity contribution in [3.8, 4) is 33.4 Å². The van der Waals surface area contributed by atoms with Crippen LogP contribution >= 0.6 is 0 Å². The van der Waals surface area contributed by atoms with Crippen molar-refractivity contribution in [3.05, 3.63) is 212 Å². The lowest BCUT2D eigenvalue weighted by molar-refractivity contribution is 0.670. The predicted octanol–water partition coefficient (Wildman–Crippen LogP) is 16.5. The molecule has 1 aromatic heterocycles. The molecule has 11 aromatic rings. The summed E-state index contributed by atoms with van der Waals surface area (Å²) >= 11 is 0. The maximum Gasteiger partial charge on any atom is 0.143 e. The Morgan fingerprint density at radius 1 is 0.390 bits per heavy atom. The lowest BCUT2D eigenvalue weighted by Gasteiger charge is -2.28. The van der Waals surface area contributed by atoms with Gasteiger partial charge in [-0.3, -0.25) is 0 Å². The van der Waals surface area contributed by atoms with Crippen LogP contribution in [0.5, 0.6) is 0 Å². The Hall–Kier alpha value is -7.42. The van der Waals surface area contributed by atoms with Crippen LogP contribution in [0.25, 0.3) is 87.6 Å². The van der Waals surface area contributed by atoms with Crippen molar-refractivity contribution in [2.75, 3.05) is 4.90 Å². The number of hydrogen-bond donors (Lipinski definition) is 0. The van der Waals surface area contributed by atoms with Crippen LogP contribution in [0.4, 0.5) is 17.1 Å². The summed E-state index contributed by atoms with van der Waals surface area (Å²) < 4.78 is 6.46. The SMILES string of the molecule is CCCc1ccc(N(c2ccc(-c3ccc(-c4cccc5ccccc45)cc3)cc2)c2ccc(-c3cccc4c3oc3ccccc34)cc2)c2c1ccc1ccccc12. The Labute approximate surface area is 344 Å². The van der Waals surface area contributed by atoms with E-state index in [1.54, 1.807) is 0 Å². The van der Waals surface area contributed by atoms with Gasteiger partial charge in [0.2, 0.25) is 0 Å². The van der Waals surface area contributed by atoms with E-state index in [4.69, 9.17) is 4.42 Å². The number of aryl methyl sites for hydroxylation is 1. The minimum atomic E-state index is 0.910. The van der Waals surface area contributed by atoms with Crippen molar-refractivity contribution in [2.24, 2.45) is 0 Å². The normalized spacial score (nSPS) is 11.6. The van der Waals surface area contributed by atoms with Crippen LogP contribution in [0.2, 0.25) is 0 Å². The van der Waals surface area contributed by atoms with E-state index in [1.807, 2.05) is 12.1 Å². The van der Waals surface area contributed by atoms with Crippen LogP contribution in [-0.4, -0.2) is 0 Å². The number of anilines is 3. The number of rotatable bonds is 8. The largest absolute Gasteiger partial charge is 0.455 e. The van der Waals surface area contributed by atoms with Crippen LogP contribution in [0, 0.1) is 0 Å². The van der Waals surface area contributed by atoms with Crippen molar-refractivity contribution in [2.45, 2.75) is 19.8 Å². The van der Waals surface area contributed by atoms with Crippen LogP contribution in [0.15, 0.2) is 211 Å². The average molecular weight is 756 g/mol. The van der Waals surface area contributed by atoms with Gasteiger partial charge in [0, 0.05) is 33.1 Å². The summed E-state index contributed by atoms with van der Waals surface area (Å²) in [6.45, 7) is 2.26. The van der Waals surface area contributed by atoms with E-state index in [9.17, 15) is 0 Å². The van der Waals surface area contributed by atoms with E-state index < -0.39 is 0 Å². The Bertz CT molecular complexity index is 3310. The van der Waals surface area contributed by atoms with Crippen molar-refractivity contribution in [1.29, 1.82) is 0 Å². The van der Waals surface area contributed by atoms with E-state index in [1.165, 1.54) is 60.1 Å². The predicted molar refractivity (Wildman–Crippen MR) is 251 cm³/mol. The van der Waals surface area contributed by atoms with Crippen LogP contribution in [0.3, 0.4) is 0 Å². The molecular formula is C57H41NO. The van der Waals surface area contributed by atoms with Crippen molar-refractivity contribution in [1.82, 2.24) is 0 Å². The van der Waals surface area contributed by atoms with Crippen LogP contribution < -0.4 is 4.90 Å². The molecule has 2 nitrogen and oxygen atoms in total.